The third kappa shape index (κ3) is 2.83. The third-order valence-corrected chi connectivity index (χ3v) is 3.51. The maximum absolute atomic E-state index is 11.8. The number of hydrogen-bond donors (Lipinski definition) is 2. The molecule has 3 atom stereocenters. The van der Waals surface area contributed by atoms with Gasteiger partial charge in [-0.1, -0.05) is 12.2 Å². The molecule has 0 aromatic rings. The number of hydrogen-bond acceptors (Lipinski definition) is 3. The van der Waals surface area contributed by atoms with Crippen LogP contribution in [0.15, 0.2) is 12.2 Å². The number of rotatable bonds is 3. The molecule has 3 N–H and O–H groups in total. The van der Waals surface area contributed by atoms with Crippen LogP contribution in [0.3, 0.4) is 0 Å². The van der Waals surface area contributed by atoms with E-state index in [1.807, 2.05) is 12.2 Å². The number of amides is 1. The van der Waals surface area contributed by atoms with Crippen LogP contribution in [0.5, 0.6) is 0 Å². The number of nitrogens with two attached hydrogens (primary N) is 1. The average Bonchev–Trinajstić information content (AvgIpc) is 2.84. The normalized spacial score (nSPS) is 34.5. The highest BCUT2D eigenvalue weighted by Gasteiger charge is 2.24. The van der Waals surface area contributed by atoms with Crippen LogP contribution in [-0.2, 0) is 4.79 Å². The Balaban J connectivity index is 1.70. The zero-order chi connectivity index (χ0) is 11.5. The molecule has 1 saturated heterocycles. The predicted molar refractivity (Wildman–Crippen MR) is 63.8 cm³/mol. The summed E-state index contributed by atoms with van der Waals surface area (Å²) in [6.07, 6.45) is 5.81. The molecule has 1 heterocycles. The molecule has 1 aliphatic heterocycles. The Kier molecular flexibility index (Phi) is 3.61. The first-order valence-electron chi connectivity index (χ1n) is 6.05. The molecule has 1 aliphatic carbocycles. The van der Waals surface area contributed by atoms with Crippen molar-refractivity contribution >= 4 is 5.91 Å². The Bertz CT molecular complexity index is 290. The molecule has 0 spiro atoms. The zero-order valence-electron chi connectivity index (χ0n) is 9.86. The van der Waals surface area contributed by atoms with Gasteiger partial charge in [-0.2, -0.15) is 0 Å². The second kappa shape index (κ2) is 4.97. The lowest BCUT2D eigenvalue weighted by atomic mass is 10.1. The summed E-state index contributed by atoms with van der Waals surface area (Å²) in [5, 5.41) is 3.04. The van der Waals surface area contributed by atoms with Crippen molar-refractivity contribution in [3.8, 4) is 0 Å². The van der Waals surface area contributed by atoms with Crippen LogP contribution in [-0.4, -0.2) is 43.5 Å². The molecule has 0 saturated carbocycles. The first kappa shape index (κ1) is 11.6. The first-order chi connectivity index (χ1) is 7.65. The largest absolute Gasteiger partial charge is 0.355 e. The SMILES string of the molecule is CN1CCC(CNC(=O)C2C=CC(N)C2)C1. The smallest absolute Gasteiger partial charge is 0.227 e. The van der Waals surface area contributed by atoms with Gasteiger partial charge in [0, 0.05) is 19.1 Å². The topological polar surface area (TPSA) is 58.4 Å². The van der Waals surface area contributed by atoms with E-state index in [1.54, 1.807) is 0 Å². The standard InChI is InChI=1S/C12H21N3O/c1-15-5-4-9(8-15)7-14-12(16)10-2-3-11(13)6-10/h2-3,9-11H,4-8,13H2,1H3,(H,14,16). The molecule has 16 heavy (non-hydrogen) atoms. The number of carbonyl (C=O) groups is 1. The van der Waals surface area contributed by atoms with Gasteiger partial charge in [0.25, 0.3) is 0 Å². The molecule has 2 aliphatic rings. The summed E-state index contributed by atoms with van der Waals surface area (Å²) >= 11 is 0. The van der Waals surface area contributed by atoms with Crippen molar-refractivity contribution in [1.29, 1.82) is 0 Å². The summed E-state index contributed by atoms with van der Waals surface area (Å²) < 4.78 is 0. The van der Waals surface area contributed by atoms with Crippen molar-refractivity contribution < 1.29 is 4.79 Å². The molecule has 0 aromatic heterocycles. The first-order valence-corrected chi connectivity index (χ1v) is 6.05. The van der Waals surface area contributed by atoms with E-state index in [-0.39, 0.29) is 17.9 Å². The van der Waals surface area contributed by atoms with Crippen molar-refractivity contribution in [3.05, 3.63) is 12.2 Å². The van der Waals surface area contributed by atoms with Gasteiger partial charge in [-0.15, -0.1) is 0 Å². The minimum Gasteiger partial charge on any atom is -0.355 e. The van der Waals surface area contributed by atoms with Gasteiger partial charge < -0.3 is 16.0 Å². The summed E-state index contributed by atoms with van der Waals surface area (Å²) in [4.78, 5) is 14.1. The molecular weight excluding hydrogens is 202 g/mol. The Morgan fingerprint density at radius 3 is 2.94 bits per heavy atom. The Morgan fingerprint density at radius 1 is 1.56 bits per heavy atom. The van der Waals surface area contributed by atoms with Crippen LogP contribution in [0.25, 0.3) is 0 Å². The van der Waals surface area contributed by atoms with Crippen LogP contribution in [0.2, 0.25) is 0 Å². The minimum absolute atomic E-state index is 0.00543. The van der Waals surface area contributed by atoms with E-state index in [0.717, 1.165) is 26.1 Å². The molecule has 90 valence electrons. The lowest BCUT2D eigenvalue weighted by Gasteiger charge is -2.14. The molecule has 1 fully saturated rings. The highest BCUT2D eigenvalue weighted by Crippen LogP contribution is 2.17. The number of carbonyl (C=O) groups excluding carboxylic acids is 1. The van der Waals surface area contributed by atoms with Crippen molar-refractivity contribution in [2.45, 2.75) is 18.9 Å². The van der Waals surface area contributed by atoms with E-state index in [2.05, 4.69) is 17.3 Å². The van der Waals surface area contributed by atoms with Crippen molar-refractivity contribution in [3.63, 3.8) is 0 Å². The Morgan fingerprint density at radius 2 is 2.38 bits per heavy atom. The molecule has 2 rings (SSSR count). The van der Waals surface area contributed by atoms with E-state index < -0.39 is 0 Å². The predicted octanol–water partition coefficient (Wildman–Crippen LogP) is -0.0423. The van der Waals surface area contributed by atoms with Crippen molar-refractivity contribution in [2.75, 3.05) is 26.7 Å². The highest BCUT2D eigenvalue weighted by atomic mass is 16.1. The van der Waals surface area contributed by atoms with Gasteiger partial charge in [-0.3, -0.25) is 4.79 Å². The van der Waals surface area contributed by atoms with Gasteiger partial charge in [0.05, 0.1) is 5.92 Å². The zero-order valence-corrected chi connectivity index (χ0v) is 9.86. The number of nitrogens with one attached hydrogen (secondary N) is 1. The summed E-state index contributed by atoms with van der Waals surface area (Å²) in [6, 6.07) is 0.0633. The minimum atomic E-state index is -0.00543. The molecule has 1 amide bonds. The maximum Gasteiger partial charge on any atom is 0.227 e. The molecule has 0 radical (unpaired) electrons. The number of likely N-dealkylation sites (tertiary alicyclic amines) is 1. The fraction of sp³-hybridized carbons (Fsp3) is 0.750. The van der Waals surface area contributed by atoms with E-state index in [1.165, 1.54) is 6.42 Å². The fourth-order valence-electron chi connectivity index (χ4n) is 2.49. The molecular formula is C12H21N3O. The third-order valence-electron chi connectivity index (χ3n) is 3.51. The maximum atomic E-state index is 11.8. The van der Waals surface area contributed by atoms with Crippen LogP contribution >= 0.6 is 0 Å². The fourth-order valence-corrected chi connectivity index (χ4v) is 2.49. The molecule has 0 bridgehead atoms. The lowest BCUT2D eigenvalue weighted by Crippen LogP contribution is -2.35. The van der Waals surface area contributed by atoms with E-state index in [4.69, 9.17) is 5.73 Å². The second-order valence-corrected chi connectivity index (χ2v) is 5.05. The quantitative estimate of drug-likeness (QED) is 0.660. The van der Waals surface area contributed by atoms with Crippen LogP contribution in [0.4, 0.5) is 0 Å². The number of nitrogens with zero attached hydrogens (tertiary/aromatic N) is 1. The highest BCUT2D eigenvalue weighted by molar-refractivity contribution is 5.81. The summed E-state index contributed by atoms with van der Waals surface area (Å²) in [5.74, 6) is 0.751. The van der Waals surface area contributed by atoms with E-state index in [0.29, 0.717) is 5.92 Å². The van der Waals surface area contributed by atoms with Crippen LogP contribution < -0.4 is 11.1 Å². The monoisotopic (exact) mass is 223 g/mol. The van der Waals surface area contributed by atoms with Gasteiger partial charge in [0.15, 0.2) is 0 Å². The van der Waals surface area contributed by atoms with Gasteiger partial charge in [0.1, 0.15) is 0 Å². The van der Waals surface area contributed by atoms with Gasteiger partial charge >= 0.3 is 0 Å². The van der Waals surface area contributed by atoms with Crippen LogP contribution in [0, 0.1) is 11.8 Å². The molecule has 4 heteroatoms. The molecule has 0 aromatic carbocycles. The van der Waals surface area contributed by atoms with Crippen LogP contribution in [0.1, 0.15) is 12.8 Å². The van der Waals surface area contributed by atoms with Gasteiger partial charge in [0.2, 0.25) is 5.91 Å². The Labute approximate surface area is 96.9 Å². The Hall–Kier alpha value is -0.870. The summed E-state index contributed by atoms with van der Waals surface area (Å²) in [6.45, 7) is 3.05. The van der Waals surface area contributed by atoms with E-state index >= 15 is 0 Å². The van der Waals surface area contributed by atoms with Gasteiger partial charge in [-0.05, 0) is 32.4 Å². The van der Waals surface area contributed by atoms with Crippen molar-refractivity contribution in [2.24, 2.45) is 17.6 Å². The van der Waals surface area contributed by atoms with Crippen molar-refractivity contribution in [1.82, 2.24) is 10.2 Å². The average molecular weight is 223 g/mol. The van der Waals surface area contributed by atoms with E-state index in [9.17, 15) is 4.79 Å². The molecule has 4 nitrogen and oxygen atoms in total. The molecule has 3 unspecified atom stereocenters. The van der Waals surface area contributed by atoms with Gasteiger partial charge in [-0.25, -0.2) is 0 Å². The lowest BCUT2D eigenvalue weighted by molar-refractivity contribution is -0.123. The summed E-state index contributed by atoms with van der Waals surface area (Å²) in [5.41, 5.74) is 5.73. The second-order valence-electron chi connectivity index (χ2n) is 5.05. The summed E-state index contributed by atoms with van der Waals surface area (Å²) in [7, 11) is 2.13.